The second kappa shape index (κ2) is 5.50. The van der Waals surface area contributed by atoms with Gasteiger partial charge in [0.05, 0.1) is 0 Å². The minimum absolute atomic E-state index is 0.169. The number of carboxylic acids is 1. The molecule has 0 aliphatic rings. The van der Waals surface area contributed by atoms with E-state index in [0.29, 0.717) is 6.42 Å². The molecule has 0 unspecified atom stereocenters. The van der Waals surface area contributed by atoms with Gasteiger partial charge in [-0.3, -0.25) is 4.79 Å². The molecule has 0 amide bonds. The minimum atomic E-state index is -0.756. The molecule has 0 aliphatic heterocycles. The van der Waals surface area contributed by atoms with Gasteiger partial charge in [0.25, 0.3) is 0 Å². The summed E-state index contributed by atoms with van der Waals surface area (Å²) in [4.78, 5) is 10.7. The first kappa shape index (κ1) is 12.4. The van der Waals surface area contributed by atoms with Crippen LogP contribution < -0.4 is 0 Å². The fourth-order valence-electron chi connectivity index (χ4n) is 2.07. The van der Waals surface area contributed by atoms with Crippen molar-refractivity contribution < 1.29 is 9.90 Å². The van der Waals surface area contributed by atoms with Gasteiger partial charge in [-0.25, -0.2) is 0 Å². The first-order chi connectivity index (χ1) is 8.66. The zero-order valence-corrected chi connectivity index (χ0v) is 10.4. The summed E-state index contributed by atoms with van der Waals surface area (Å²) in [6.45, 7) is 2.06. The van der Waals surface area contributed by atoms with Crippen LogP contribution in [0.25, 0.3) is 11.1 Å². The molecule has 0 fully saturated rings. The zero-order valence-electron chi connectivity index (χ0n) is 10.4. The van der Waals surface area contributed by atoms with E-state index >= 15 is 0 Å². The third-order valence-electron chi connectivity index (χ3n) is 2.95. The number of benzene rings is 2. The van der Waals surface area contributed by atoms with E-state index in [1.165, 1.54) is 5.56 Å². The molecule has 0 heterocycles. The summed E-state index contributed by atoms with van der Waals surface area (Å²) in [5.74, 6) is -0.756. The van der Waals surface area contributed by atoms with E-state index in [-0.39, 0.29) is 6.42 Å². The Morgan fingerprint density at radius 3 is 2.61 bits per heavy atom. The van der Waals surface area contributed by atoms with Crippen LogP contribution in [0.3, 0.4) is 0 Å². The molecule has 2 aromatic rings. The summed E-state index contributed by atoms with van der Waals surface area (Å²) in [5, 5.41) is 8.78. The van der Waals surface area contributed by atoms with Crippen molar-refractivity contribution in [3.63, 3.8) is 0 Å². The Balaban J connectivity index is 2.35. The van der Waals surface area contributed by atoms with Gasteiger partial charge in [0.1, 0.15) is 0 Å². The monoisotopic (exact) mass is 240 g/mol. The van der Waals surface area contributed by atoms with Crippen molar-refractivity contribution in [1.82, 2.24) is 0 Å². The van der Waals surface area contributed by atoms with Crippen LogP contribution >= 0.6 is 0 Å². The molecule has 2 heteroatoms. The van der Waals surface area contributed by atoms with Crippen molar-refractivity contribution in [2.45, 2.75) is 19.8 Å². The average molecular weight is 240 g/mol. The molecule has 92 valence electrons. The van der Waals surface area contributed by atoms with E-state index in [9.17, 15) is 4.79 Å². The van der Waals surface area contributed by atoms with Gasteiger partial charge in [0.2, 0.25) is 0 Å². The van der Waals surface area contributed by atoms with Crippen molar-refractivity contribution in [1.29, 1.82) is 0 Å². The van der Waals surface area contributed by atoms with Crippen LogP contribution in [0.5, 0.6) is 0 Å². The molecule has 0 aliphatic carbocycles. The van der Waals surface area contributed by atoms with Gasteiger partial charge < -0.3 is 5.11 Å². The summed E-state index contributed by atoms with van der Waals surface area (Å²) in [6.07, 6.45) is 0.738. The Hall–Kier alpha value is -2.09. The Labute approximate surface area is 107 Å². The van der Waals surface area contributed by atoms with Crippen molar-refractivity contribution >= 4 is 5.97 Å². The molecule has 0 radical (unpaired) electrons. The fraction of sp³-hybridized carbons (Fsp3) is 0.188. The summed E-state index contributed by atoms with van der Waals surface area (Å²) in [5.41, 5.74) is 4.57. The maximum atomic E-state index is 10.7. The van der Waals surface area contributed by atoms with Crippen LogP contribution in [0, 0.1) is 6.92 Å². The Morgan fingerprint density at radius 1 is 1.11 bits per heavy atom. The van der Waals surface area contributed by atoms with E-state index in [0.717, 1.165) is 16.7 Å². The van der Waals surface area contributed by atoms with Gasteiger partial charge in [-0.1, -0.05) is 54.1 Å². The Bertz CT molecular complexity index is 559. The second-order valence-corrected chi connectivity index (χ2v) is 4.42. The summed E-state index contributed by atoms with van der Waals surface area (Å²) in [6, 6.07) is 16.3. The number of carbonyl (C=O) groups is 1. The van der Waals surface area contributed by atoms with Gasteiger partial charge in [0, 0.05) is 6.42 Å². The molecule has 0 spiro atoms. The molecule has 18 heavy (non-hydrogen) atoms. The molecular weight excluding hydrogens is 224 g/mol. The first-order valence-corrected chi connectivity index (χ1v) is 6.03. The highest BCUT2D eigenvalue weighted by Gasteiger charge is 2.06. The maximum absolute atomic E-state index is 10.7. The third kappa shape index (κ3) is 2.98. The quantitative estimate of drug-likeness (QED) is 0.885. The molecule has 0 saturated heterocycles. The van der Waals surface area contributed by atoms with E-state index in [1.807, 2.05) is 30.3 Å². The molecule has 2 aromatic carbocycles. The second-order valence-electron chi connectivity index (χ2n) is 4.42. The van der Waals surface area contributed by atoms with Gasteiger partial charge >= 0.3 is 5.97 Å². The average Bonchev–Trinajstić information content (AvgIpc) is 2.36. The van der Waals surface area contributed by atoms with Crippen molar-refractivity contribution in [2.75, 3.05) is 0 Å². The van der Waals surface area contributed by atoms with Crippen LogP contribution in [0.15, 0.2) is 48.5 Å². The van der Waals surface area contributed by atoms with Crippen LogP contribution in [-0.4, -0.2) is 11.1 Å². The zero-order chi connectivity index (χ0) is 13.0. The van der Waals surface area contributed by atoms with Gasteiger partial charge in [-0.15, -0.1) is 0 Å². The number of carboxylic acid groups (broad SMARTS) is 1. The summed E-state index contributed by atoms with van der Waals surface area (Å²) < 4.78 is 0. The van der Waals surface area contributed by atoms with Gasteiger partial charge in [0.15, 0.2) is 0 Å². The largest absolute Gasteiger partial charge is 0.481 e. The molecule has 0 bridgehead atoms. The predicted molar refractivity (Wildman–Crippen MR) is 72.6 cm³/mol. The number of rotatable bonds is 4. The normalized spacial score (nSPS) is 10.3. The molecular formula is C16H16O2. The predicted octanol–water partition coefficient (Wildman–Crippen LogP) is 3.68. The smallest absolute Gasteiger partial charge is 0.303 e. The summed E-state index contributed by atoms with van der Waals surface area (Å²) >= 11 is 0. The van der Waals surface area contributed by atoms with Crippen molar-refractivity contribution in [2.24, 2.45) is 0 Å². The Morgan fingerprint density at radius 2 is 1.89 bits per heavy atom. The van der Waals surface area contributed by atoms with Crippen LogP contribution in [-0.2, 0) is 11.2 Å². The maximum Gasteiger partial charge on any atom is 0.303 e. The van der Waals surface area contributed by atoms with Gasteiger partial charge in [-0.2, -0.15) is 0 Å². The SMILES string of the molecule is Cc1cccc(-c2ccccc2CCC(=O)O)c1. The lowest BCUT2D eigenvalue weighted by atomic mass is 9.96. The first-order valence-electron chi connectivity index (χ1n) is 6.03. The van der Waals surface area contributed by atoms with E-state index in [4.69, 9.17) is 5.11 Å². The van der Waals surface area contributed by atoms with Gasteiger partial charge in [-0.05, 0) is 30.0 Å². The minimum Gasteiger partial charge on any atom is -0.481 e. The fourth-order valence-corrected chi connectivity index (χ4v) is 2.07. The molecule has 2 rings (SSSR count). The standard InChI is InChI=1S/C16H16O2/c1-12-5-4-7-14(11-12)15-8-3-2-6-13(15)9-10-16(17)18/h2-8,11H,9-10H2,1H3,(H,17,18). The summed E-state index contributed by atoms with van der Waals surface area (Å²) in [7, 11) is 0. The Kier molecular flexibility index (Phi) is 3.78. The van der Waals surface area contributed by atoms with Crippen molar-refractivity contribution in [3.8, 4) is 11.1 Å². The number of hydrogen-bond acceptors (Lipinski definition) is 1. The molecule has 0 atom stereocenters. The van der Waals surface area contributed by atoms with E-state index in [2.05, 4.69) is 25.1 Å². The third-order valence-corrected chi connectivity index (χ3v) is 2.95. The number of aliphatic carboxylic acids is 1. The lowest BCUT2D eigenvalue weighted by Crippen LogP contribution is -1.98. The van der Waals surface area contributed by atoms with Crippen LogP contribution in [0.4, 0.5) is 0 Å². The lowest BCUT2D eigenvalue weighted by Gasteiger charge is -2.09. The molecule has 1 N–H and O–H groups in total. The van der Waals surface area contributed by atoms with Crippen LogP contribution in [0.2, 0.25) is 0 Å². The lowest BCUT2D eigenvalue weighted by molar-refractivity contribution is -0.136. The van der Waals surface area contributed by atoms with E-state index < -0.39 is 5.97 Å². The number of aryl methyl sites for hydroxylation is 2. The highest BCUT2D eigenvalue weighted by Crippen LogP contribution is 2.25. The van der Waals surface area contributed by atoms with Crippen LogP contribution in [0.1, 0.15) is 17.5 Å². The van der Waals surface area contributed by atoms with Crippen molar-refractivity contribution in [3.05, 3.63) is 59.7 Å². The molecule has 0 saturated carbocycles. The van der Waals surface area contributed by atoms with E-state index in [1.54, 1.807) is 0 Å². The topological polar surface area (TPSA) is 37.3 Å². The molecule has 0 aromatic heterocycles. The number of hydrogen-bond donors (Lipinski definition) is 1. The highest BCUT2D eigenvalue weighted by atomic mass is 16.4. The highest BCUT2D eigenvalue weighted by molar-refractivity contribution is 5.70. The molecule has 2 nitrogen and oxygen atoms in total.